The molecule has 140 valence electrons. The first kappa shape index (κ1) is 18.4. The van der Waals surface area contributed by atoms with Crippen LogP contribution in [-0.2, 0) is 0 Å². The van der Waals surface area contributed by atoms with Gasteiger partial charge in [0.15, 0.2) is 0 Å². The minimum atomic E-state index is 0.565. The molecule has 0 N–H and O–H groups in total. The van der Waals surface area contributed by atoms with E-state index in [1.54, 1.807) is 0 Å². The van der Waals surface area contributed by atoms with Gasteiger partial charge in [0.25, 0.3) is 0 Å². The van der Waals surface area contributed by atoms with Crippen LogP contribution in [-0.4, -0.2) is 39.5 Å². The smallest absolute Gasteiger partial charge is 0.0909 e. The van der Waals surface area contributed by atoms with Gasteiger partial charge >= 0.3 is 0 Å². The van der Waals surface area contributed by atoms with Gasteiger partial charge in [0.05, 0.1) is 36.1 Å². The fraction of sp³-hybridized carbons (Fsp3) is 0.455. The summed E-state index contributed by atoms with van der Waals surface area (Å²) in [6.07, 6.45) is 0. The molecule has 2 aromatic carbocycles. The average molecular weight is 353 g/mol. The van der Waals surface area contributed by atoms with Gasteiger partial charge < -0.3 is 19.6 Å². The SMILES string of the molecule is CC(C)N1CN(C(C)C)c2ccccc21.CN1CN(C)c2ccccc21. The molecule has 4 heteroatoms. The first-order valence-corrected chi connectivity index (χ1v) is 9.53. The van der Waals surface area contributed by atoms with E-state index in [2.05, 4.69) is 110 Å². The minimum absolute atomic E-state index is 0.565. The molecule has 0 spiro atoms. The lowest BCUT2D eigenvalue weighted by Gasteiger charge is -2.27. The second kappa shape index (κ2) is 7.48. The summed E-state index contributed by atoms with van der Waals surface area (Å²) in [4.78, 5) is 9.40. The number of para-hydroxylation sites is 4. The Morgan fingerprint density at radius 3 is 1.27 bits per heavy atom. The summed E-state index contributed by atoms with van der Waals surface area (Å²) in [6.45, 7) is 11.0. The van der Waals surface area contributed by atoms with Crippen molar-refractivity contribution in [2.75, 3.05) is 47.0 Å². The highest BCUT2D eigenvalue weighted by molar-refractivity contribution is 5.77. The van der Waals surface area contributed by atoms with E-state index in [-0.39, 0.29) is 0 Å². The predicted molar refractivity (Wildman–Crippen MR) is 115 cm³/mol. The normalized spacial score (nSPS) is 15.4. The molecule has 4 rings (SSSR count). The van der Waals surface area contributed by atoms with E-state index in [9.17, 15) is 0 Å². The van der Waals surface area contributed by atoms with Gasteiger partial charge in [0, 0.05) is 26.2 Å². The summed E-state index contributed by atoms with van der Waals surface area (Å²) in [5.74, 6) is 0. The minimum Gasteiger partial charge on any atom is -0.355 e. The van der Waals surface area contributed by atoms with Crippen molar-refractivity contribution in [3.8, 4) is 0 Å². The van der Waals surface area contributed by atoms with Crippen molar-refractivity contribution in [1.82, 2.24) is 0 Å². The Morgan fingerprint density at radius 1 is 0.577 bits per heavy atom. The number of rotatable bonds is 2. The fourth-order valence-electron chi connectivity index (χ4n) is 3.73. The maximum absolute atomic E-state index is 2.45. The predicted octanol–water partition coefficient (Wildman–Crippen LogP) is 4.62. The maximum atomic E-state index is 2.45. The first-order chi connectivity index (χ1) is 12.4. The van der Waals surface area contributed by atoms with Crippen LogP contribution >= 0.6 is 0 Å². The van der Waals surface area contributed by atoms with Gasteiger partial charge in [-0.2, -0.15) is 0 Å². The Kier molecular flexibility index (Phi) is 5.30. The second-order valence-corrected chi connectivity index (χ2v) is 7.78. The molecule has 0 aromatic heterocycles. The Balaban J connectivity index is 0.000000158. The van der Waals surface area contributed by atoms with Crippen LogP contribution in [0.15, 0.2) is 48.5 Å². The van der Waals surface area contributed by atoms with Gasteiger partial charge in [-0.15, -0.1) is 0 Å². The van der Waals surface area contributed by atoms with Crippen LogP contribution in [0.3, 0.4) is 0 Å². The second-order valence-electron chi connectivity index (χ2n) is 7.78. The molecule has 4 nitrogen and oxygen atoms in total. The van der Waals surface area contributed by atoms with Crippen LogP contribution in [0, 0.1) is 0 Å². The lowest BCUT2D eigenvalue weighted by atomic mass is 10.2. The van der Waals surface area contributed by atoms with Crippen LogP contribution in [0.4, 0.5) is 22.7 Å². The van der Waals surface area contributed by atoms with Gasteiger partial charge in [-0.05, 0) is 52.0 Å². The Morgan fingerprint density at radius 2 is 0.923 bits per heavy atom. The molecule has 0 saturated carbocycles. The fourth-order valence-corrected chi connectivity index (χ4v) is 3.73. The van der Waals surface area contributed by atoms with Crippen LogP contribution in [0.2, 0.25) is 0 Å². The van der Waals surface area contributed by atoms with E-state index in [0.29, 0.717) is 12.1 Å². The number of hydrogen-bond acceptors (Lipinski definition) is 4. The first-order valence-electron chi connectivity index (χ1n) is 9.53. The molecular weight excluding hydrogens is 320 g/mol. The van der Waals surface area contributed by atoms with Gasteiger partial charge in [0.2, 0.25) is 0 Å². The maximum Gasteiger partial charge on any atom is 0.0909 e. The van der Waals surface area contributed by atoms with Crippen LogP contribution in [0.1, 0.15) is 27.7 Å². The number of fused-ring (bicyclic) bond motifs is 2. The molecular formula is C22H32N4. The third kappa shape index (κ3) is 3.46. The highest BCUT2D eigenvalue weighted by Crippen LogP contribution is 2.37. The van der Waals surface area contributed by atoms with E-state index >= 15 is 0 Å². The molecule has 2 heterocycles. The molecule has 0 amide bonds. The van der Waals surface area contributed by atoms with Crippen molar-refractivity contribution < 1.29 is 0 Å². The molecule has 26 heavy (non-hydrogen) atoms. The Bertz CT molecular complexity index is 680. The van der Waals surface area contributed by atoms with Crippen molar-refractivity contribution in [2.24, 2.45) is 0 Å². The number of hydrogen-bond donors (Lipinski definition) is 0. The monoisotopic (exact) mass is 352 g/mol. The summed E-state index contributed by atoms with van der Waals surface area (Å²) in [5, 5.41) is 0. The summed E-state index contributed by atoms with van der Waals surface area (Å²) in [7, 11) is 4.23. The van der Waals surface area contributed by atoms with Crippen molar-refractivity contribution in [3.05, 3.63) is 48.5 Å². The molecule has 2 aliphatic heterocycles. The van der Waals surface area contributed by atoms with E-state index in [4.69, 9.17) is 0 Å². The molecule has 0 atom stereocenters. The Labute approximate surface area is 158 Å². The molecule has 0 aliphatic carbocycles. The topological polar surface area (TPSA) is 13.0 Å². The van der Waals surface area contributed by atoms with E-state index < -0.39 is 0 Å². The molecule has 2 aromatic rings. The zero-order chi connectivity index (χ0) is 18.8. The summed E-state index contributed by atoms with van der Waals surface area (Å²) in [6, 6.07) is 18.3. The van der Waals surface area contributed by atoms with Crippen LogP contribution in [0.25, 0.3) is 0 Å². The van der Waals surface area contributed by atoms with Crippen molar-refractivity contribution in [3.63, 3.8) is 0 Å². The van der Waals surface area contributed by atoms with Crippen LogP contribution < -0.4 is 19.6 Å². The quantitative estimate of drug-likeness (QED) is 0.782. The van der Waals surface area contributed by atoms with Crippen molar-refractivity contribution in [2.45, 2.75) is 39.8 Å². The highest BCUT2D eigenvalue weighted by Gasteiger charge is 2.28. The van der Waals surface area contributed by atoms with Gasteiger partial charge in [-0.25, -0.2) is 0 Å². The lowest BCUT2D eigenvalue weighted by molar-refractivity contribution is 0.641. The van der Waals surface area contributed by atoms with Crippen molar-refractivity contribution >= 4 is 22.7 Å². The molecule has 0 unspecified atom stereocenters. The molecule has 0 radical (unpaired) electrons. The third-order valence-electron chi connectivity index (χ3n) is 5.18. The van der Waals surface area contributed by atoms with Crippen LogP contribution in [0.5, 0.6) is 0 Å². The van der Waals surface area contributed by atoms with E-state index in [1.807, 2.05) is 0 Å². The summed E-state index contributed by atoms with van der Waals surface area (Å²) >= 11 is 0. The molecule has 0 bridgehead atoms. The summed E-state index contributed by atoms with van der Waals surface area (Å²) < 4.78 is 0. The standard InChI is InChI=1S/C13H20N2.C9H12N2/c1-10(2)14-9-15(11(3)4)13-8-6-5-7-12(13)14;1-10-7-11(2)9-6-4-3-5-8(9)10/h5-8,10-11H,9H2,1-4H3;3-6H,7H2,1-2H3. The van der Waals surface area contributed by atoms with Gasteiger partial charge in [-0.1, -0.05) is 24.3 Å². The largest absolute Gasteiger partial charge is 0.355 e. The van der Waals surface area contributed by atoms with E-state index in [1.165, 1.54) is 22.7 Å². The number of nitrogens with zero attached hydrogens (tertiary/aromatic N) is 4. The van der Waals surface area contributed by atoms with Gasteiger partial charge in [0.1, 0.15) is 0 Å². The Hall–Kier alpha value is -2.36. The number of anilines is 4. The molecule has 0 fully saturated rings. The van der Waals surface area contributed by atoms with Gasteiger partial charge in [-0.3, -0.25) is 0 Å². The molecule has 0 saturated heterocycles. The van der Waals surface area contributed by atoms with Crippen molar-refractivity contribution in [1.29, 1.82) is 0 Å². The summed E-state index contributed by atoms with van der Waals surface area (Å²) in [5.41, 5.74) is 5.41. The molecule has 2 aliphatic rings. The zero-order valence-corrected chi connectivity index (χ0v) is 17.0. The number of benzene rings is 2. The third-order valence-corrected chi connectivity index (χ3v) is 5.18. The highest BCUT2D eigenvalue weighted by atomic mass is 15.4. The lowest BCUT2D eigenvalue weighted by Crippen LogP contribution is -2.38. The van der Waals surface area contributed by atoms with E-state index in [0.717, 1.165) is 13.3 Å². The average Bonchev–Trinajstić information content (AvgIpc) is 3.15. The zero-order valence-electron chi connectivity index (χ0n) is 17.0.